The number of carboxylic acid groups (broad SMARTS) is 1. The van der Waals surface area contributed by atoms with Crippen LogP contribution in [0.25, 0.3) is 11.0 Å². The van der Waals surface area contributed by atoms with E-state index in [4.69, 9.17) is 11.6 Å². The molecule has 1 atom stereocenters. The molecule has 0 radical (unpaired) electrons. The maximum atomic E-state index is 11.8. The van der Waals surface area contributed by atoms with Crippen LogP contribution in [-0.4, -0.2) is 58.2 Å². The molecule has 0 aromatic carbocycles. The summed E-state index contributed by atoms with van der Waals surface area (Å²) in [6.07, 6.45) is 4.36. The normalized spacial score (nSPS) is 17.3. The van der Waals surface area contributed by atoms with Crippen LogP contribution in [-0.2, 0) is 4.79 Å². The SMILES string of the molecule is CCC(=O)Nc1c[nH]c2ncc(Cl)c(N3CCCC(N(C)C(=O)O)C3)c12. The van der Waals surface area contributed by atoms with Gasteiger partial charge in [-0.25, -0.2) is 9.78 Å². The zero-order chi connectivity index (χ0) is 18.8. The van der Waals surface area contributed by atoms with Gasteiger partial charge in [-0.1, -0.05) is 18.5 Å². The highest BCUT2D eigenvalue weighted by Gasteiger charge is 2.29. The van der Waals surface area contributed by atoms with Gasteiger partial charge >= 0.3 is 6.09 Å². The molecule has 9 heteroatoms. The van der Waals surface area contributed by atoms with E-state index in [9.17, 15) is 14.7 Å². The van der Waals surface area contributed by atoms with Crippen molar-refractivity contribution in [3.8, 4) is 0 Å². The summed E-state index contributed by atoms with van der Waals surface area (Å²) in [7, 11) is 1.59. The minimum atomic E-state index is -0.944. The van der Waals surface area contributed by atoms with Crippen LogP contribution in [0.2, 0.25) is 5.02 Å². The number of aromatic amines is 1. The standard InChI is InChI=1S/C17H22ClN5O3/c1-3-13(24)21-12-8-20-16-14(12)15(11(18)7-19-16)23-6-4-5-10(9-23)22(2)17(25)26/h7-8,10H,3-6,9H2,1-2H3,(H,19,20)(H,21,24)(H,25,26). The average molecular weight is 380 g/mol. The number of nitrogens with one attached hydrogen (secondary N) is 2. The number of piperidine rings is 1. The number of pyridine rings is 1. The van der Waals surface area contributed by atoms with Gasteiger partial charge in [0, 0.05) is 32.8 Å². The summed E-state index contributed by atoms with van der Waals surface area (Å²) in [6, 6.07) is -0.117. The second-order valence-electron chi connectivity index (χ2n) is 6.42. The first-order valence-corrected chi connectivity index (χ1v) is 8.96. The molecule has 0 bridgehead atoms. The predicted molar refractivity (Wildman–Crippen MR) is 101 cm³/mol. The summed E-state index contributed by atoms with van der Waals surface area (Å²) in [4.78, 5) is 33.9. The Morgan fingerprint density at radius 3 is 3.00 bits per heavy atom. The number of halogens is 1. The number of amides is 2. The Hall–Kier alpha value is -2.48. The monoisotopic (exact) mass is 379 g/mol. The van der Waals surface area contributed by atoms with E-state index in [-0.39, 0.29) is 11.9 Å². The Labute approximate surface area is 156 Å². The number of rotatable bonds is 4. The van der Waals surface area contributed by atoms with Crippen LogP contribution in [0.4, 0.5) is 16.2 Å². The molecular weight excluding hydrogens is 358 g/mol. The highest BCUT2D eigenvalue weighted by Crippen LogP contribution is 2.39. The van der Waals surface area contributed by atoms with Gasteiger partial charge < -0.3 is 25.2 Å². The molecule has 1 fully saturated rings. The minimum absolute atomic E-state index is 0.0982. The Bertz CT molecular complexity index is 837. The van der Waals surface area contributed by atoms with Crippen LogP contribution >= 0.6 is 11.6 Å². The van der Waals surface area contributed by atoms with Crippen molar-refractivity contribution in [2.24, 2.45) is 0 Å². The molecule has 26 heavy (non-hydrogen) atoms. The van der Waals surface area contributed by atoms with Crippen molar-refractivity contribution >= 4 is 46.0 Å². The number of fused-ring (bicyclic) bond motifs is 1. The topological polar surface area (TPSA) is 102 Å². The molecule has 0 saturated carbocycles. The zero-order valence-corrected chi connectivity index (χ0v) is 15.5. The van der Waals surface area contributed by atoms with Crippen LogP contribution in [0.3, 0.4) is 0 Å². The first-order chi connectivity index (χ1) is 12.4. The zero-order valence-electron chi connectivity index (χ0n) is 14.8. The summed E-state index contributed by atoms with van der Waals surface area (Å²) in [5.74, 6) is -0.0982. The minimum Gasteiger partial charge on any atom is -0.465 e. The van der Waals surface area contributed by atoms with Crippen LogP contribution in [0.5, 0.6) is 0 Å². The summed E-state index contributed by atoms with van der Waals surface area (Å²) < 4.78 is 0. The fourth-order valence-corrected chi connectivity index (χ4v) is 3.60. The number of anilines is 2. The fourth-order valence-electron chi connectivity index (χ4n) is 3.33. The van der Waals surface area contributed by atoms with E-state index in [0.717, 1.165) is 30.5 Å². The third kappa shape index (κ3) is 3.41. The highest BCUT2D eigenvalue weighted by atomic mass is 35.5. The summed E-state index contributed by atoms with van der Waals surface area (Å²) >= 11 is 6.47. The lowest BCUT2D eigenvalue weighted by Gasteiger charge is -2.38. The third-order valence-electron chi connectivity index (χ3n) is 4.79. The van der Waals surface area contributed by atoms with Gasteiger partial charge in [-0.05, 0) is 12.8 Å². The molecule has 1 aliphatic heterocycles. The lowest BCUT2D eigenvalue weighted by atomic mass is 10.0. The summed E-state index contributed by atoms with van der Waals surface area (Å²) in [6.45, 7) is 3.08. The molecular formula is C17H22ClN5O3. The fraction of sp³-hybridized carbons (Fsp3) is 0.471. The first-order valence-electron chi connectivity index (χ1n) is 8.58. The van der Waals surface area contributed by atoms with Crippen LogP contribution in [0, 0.1) is 0 Å². The summed E-state index contributed by atoms with van der Waals surface area (Å²) in [5, 5.41) is 13.4. The van der Waals surface area contributed by atoms with Crippen molar-refractivity contribution < 1.29 is 14.7 Å². The van der Waals surface area contributed by atoms with Crippen LogP contribution in [0.15, 0.2) is 12.4 Å². The second kappa shape index (κ2) is 7.41. The van der Waals surface area contributed by atoms with Gasteiger partial charge in [-0.2, -0.15) is 0 Å². The molecule has 2 amide bonds. The molecule has 2 aromatic heterocycles. The predicted octanol–water partition coefficient (Wildman–Crippen LogP) is 3.14. The maximum Gasteiger partial charge on any atom is 0.407 e. The van der Waals surface area contributed by atoms with Gasteiger partial charge in [-0.3, -0.25) is 4.79 Å². The van der Waals surface area contributed by atoms with Crippen molar-refractivity contribution in [2.45, 2.75) is 32.2 Å². The van der Waals surface area contributed by atoms with Gasteiger partial charge in [-0.15, -0.1) is 0 Å². The Kier molecular flexibility index (Phi) is 5.22. The number of aromatic nitrogens is 2. The molecule has 1 aliphatic rings. The number of carbonyl (C=O) groups is 2. The van der Waals surface area contributed by atoms with Gasteiger partial charge in [0.2, 0.25) is 5.91 Å². The smallest absolute Gasteiger partial charge is 0.407 e. The summed E-state index contributed by atoms with van der Waals surface area (Å²) in [5.41, 5.74) is 2.03. The van der Waals surface area contributed by atoms with Crippen molar-refractivity contribution in [3.63, 3.8) is 0 Å². The lowest BCUT2D eigenvalue weighted by molar-refractivity contribution is -0.115. The Morgan fingerprint density at radius 1 is 1.54 bits per heavy atom. The highest BCUT2D eigenvalue weighted by molar-refractivity contribution is 6.35. The van der Waals surface area contributed by atoms with Crippen molar-refractivity contribution in [1.29, 1.82) is 0 Å². The van der Waals surface area contributed by atoms with Gasteiger partial charge in [0.05, 0.1) is 34.0 Å². The number of carbonyl (C=O) groups excluding carboxylic acids is 1. The van der Waals surface area contributed by atoms with Gasteiger partial charge in [0.25, 0.3) is 0 Å². The Balaban J connectivity index is 2.00. The molecule has 3 N–H and O–H groups in total. The third-order valence-corrected chi connectivity index (χ3v) is 5.06. The molecule has 1 saturated heterocycles. The number of H-pyrrole nitrogens is 1. The largest absolute Gasteiger partial charge is 0.465 e. The Morgan fingerprint density at radius 2 is 2.31 bits per heavy atom. The lowest BCUT2D eigenvalue weighted by Crippen LogP contribution is -2.48. The molecule has 2 aromatic rings. The molecule has 1 unspecified atom stereocenters. The van der Waals surface area contributed by atoms with E-state index in [0.29, 0.717) is 29.3 Å². The van der Waals surface area contributed by atoms with E-state index in [1.165, 1.54) is 4.90 Å². The van der Waals surface area contributed by atoms with Crippen molar-refractivity contribution in [2.75, 3.05) is 30.4 Å². The van der Waals surface area contributed by atoms with Crippen molar-refractivity contribution in [3.05, 3.63) is 17.4 Å². The van der Waals surface area contributed by atoms with E-state index in [1.54, 1.807) is 26.4 Å². The van der Waals surface area contributed by atoms with E-state index in [2.05, 4.69) is 20.2 Å². The molecule has 0 spiro atoms. The number of hydrogen-bond donors (Lipinski definition) is 3. The number of nitrogens with zero attached hydrogens (tertiary/aromatic N) is 3. The molecule has 140 valence electrons. The van der Waals surface area contributed by atoms with Crippen LogP contribution in [0.1, 0.15) is 26.2 Å². The van der Waals surface area contributed by atoms with E-state index in [1.807, 2.05) is 0 Å². The second-order valence-corrected chi connectivity index (χ2v) is 6.83. The van der Waals surface area contributed by atoms with E-state index >= 15 is 0 Å². The average Bonchev–Trinajstić information content (AvgIpc) is 3.03. The number of likely N-dealkylation sites (N-methyl/N-ethyl adjacent to an activating group) is 1. The molecule has 8 nitrogen and oxygen atoms in total. The maximum absolute atomic E-state index is 11.8. The van der Waals surface area contributed by atoms with Gasteiger partial charge in [0.1, 0.15) is 5.65 Å². The first kappa shape index (κ1) is 18.3. The van der Waals surface area contributed by atoms with E-state index < -0.39 is 6.09 Å². The number of hydrogen-bond acceptors (Lipinski definition) is 4. The molecule has 3 heterocycles. The quantitative estimate of drug-likeness (QED) is 0.757. The van der Waals surface area contributed by atoms with Crippen LogP contribution < -0.4 is 10.2 Å². The molecule has 0 aliphatic carbocycles. The van der Waals surface area contributed by atoms with Gasteiger partial charge in [0.15, 0.2) is 0 Å². The molecule has 3 rings (SSSR count). The van der Waals surface area contributed by atoms with Crippen molar-refractivity contribution in [1.82, 2.24) is 14.9 Å².